The van der Waals surface area contributed by atoms with Crippen molar-refractivity contribution in [3.8, 4) is 0 Å². The van der Waals surface area contributed by atoms with Gasteiger partial charge in [0.05, 0.1) is 21.7 Å². The van der Waals surface area contributed by atoms with Crippen LogP contribution in [0.5, 0.6) is 0 Å². The van der Waals surface area contributed by atoms with E-state index in [4.69, 9.17) is 0 Å². The van der Waals surface area contributed by atoms with E-state index >= 15 is 0 Å². The predicted octanol–water partition coefficient (Wildman–Crippen LogP) is 3.22. The number of nitro benzene ring substituents is 1. The summed E-state index contributed by atoms with van der Waals surface area (Å²) >= 11 is 0. The molecule has 0 spiro atoms. The number of benzene rings is 2. The van der Waals surface area contributed by atoms with E-state index in [0.717, 1.165) is 19.3 Å². The zero-order valence-electron chi connectivity index (χ0n) is 14.6. The number of rotatable bonds is 6. The Morgan fingerprint density at radius 2 is 1.70 bits per heavy atom. The SMILES string of the molecule is O=[N+]([O-])c1ccc(NN=Cc2ccccc2S(=O)(=O)N2CCCCC2)cc1. The fourth-order valence-electron chi connectivity index (χ4n) is 2.90. The van der Waals surface area contributed by atoms with Gasteiger partial charge in [-0.2, -0.15) is 9.41 Å². The third-order valence-corrected chi connectivity index (χ3v) is 6.30. The summed E-state index contributed by atoms with van der Waals surface area (Å²) in [6.07, 6.45) is 4.24. The molecule has 1 heterocycles. The highest BCUT2D eigenvalue weighted by molar-refractivity contribution is 7.89. The molecule has 2 aromatic carbocycles. The Morgan fingerprint density at radius 1 is 1.04 bits per heavy atom. The van der Waals surface area contributed by atoms with Crippen LogP contribution in [0.2, 0.25) is 0 Å². The quantitative estimate of drug-likeness (QED) is 0.465. The van der Waals surface area contributed by atoms with E-state index in [1.807, 2.05) is 0 Å². The van der Waals surface area contributed by atoms with Crippen molar-refractivity contribution < 1.29 is 13.3 Å². The van der Waals surface area contributed by atoms with Crippen LogP contribution in [0.25, 0.3) is 0 Å². The van der Waals surface area contributed by atoms with Gasteiger partial charge in [0.25, 0.3) is 5.69 Å². The number of hydrazone groups is 1. The van der Waals surface area contributed by atoms with Crippen LogP contribution in [0.4, 0.5) is 11.4 Å². The van der Waals surface area contributed by atoms with Crippen molar-refractivity contribution in [1.82, 2.24) is 4.31 Å². The summed E-state index contributed by atoms with van der Waals surface area (Å²) in [6.45, 7) is 1.07. The smallest absolute Gasteiger partial charge is 0.269 e. The Morgan fingerprint density at radius 3 is 2.37 bits per heavy atom. The molecule has 1 aliphatic heterocycles. The third-order valence-electron chi connectivity index (χ3n) is 4.33. The third kappa shape index (κ3) is 4.50. The molecule has 0 bridgehead atoms. The lowest BCUT2D eigenvalue weighted by Crippen LogP contribution is -2.36. The Hall–Kier alpha value is -2.78. The largest absolute Gasteiger partial charge is 0.278 e. The van der Waals surface area contributed by atoms with Gasteiger partial charge in [-0.05, 0) is 31.0 Å². The van der Waals surface area contributed by atoms with E-state index in [2.05, 4.69) is 10.5 Å². The lowest BCUT2D eigenvalue weighted by Gasteiger charge is -2.26. The van der Waals surface area contributed by atoms with Crippen molar-refractivity contribution in [2.45, 2.75) is 24.2 Å². The zero-order chi connectivity index (χ0) is 19.3. The van der Waals surface area contributed by atoms with E-state index in [-0.39, 0.29) is 10.6 Å². The number of piperidine rings is 1. The fraction of sp³-hybridized carbons (Fsp3) is 0.278. The van der Waals surface area contributed by atoms with Gasteiger partial charge in [-0.3, -0.25) is 15.5 Å². The molecule has 1 aliphatic rings. The van der Waals surface area contributed by atoms with Crippen molar-refractivity contribution in [3.05, 3.63) is 64.2 Å². The van der Waals surface area contributed by atoms with Gasteiger partial charge in [-0.25, -0.2) is 8.42 Å². The first-order chi connectivity index (χ1) is 13.0. The molecule has 3 rings (SSSR count). The highest BCUT2D eigenvalue weighted by Crippen LogP contribution is 2.23. The van der Waals surface area contributed by atoms with E-state index in [0.29, 0.717) is 24.3 Å². The predicted molar refractivity (Wildman–Crippen MR) is 103 cm³/mol. The van der Waals surface area contributed by atoms with Crippen molar-refractivity contribution >= 4 is 27.6 Å². The zero-order valence-corrected chi connectivity index (χ0v) is 15.4. The van der Waals surface area contributed by atoms with Crippen LogP contribution in [-0.2, 0) is 10.0 Å². The molecule has 0 radical (unpaired) electrons. The lowest BCUT2D eigenvalue weighted by atomic mass is 10.2. The number of sulfonamides is 1. The molecule has 2 aromatic rings. The number of anilines is 1. The maximum Gasteiger partial charge on any atom is 0.269 e. The summed E-state index contributed by atoms with van der Waals surface area (Å²) < 4.78 is 27.4. The van der Waals surface area contributed by atoms with E-state index in [1.165, 1.54) is 34.8 Å². The van der Waals surface area contributed by atoms with Crippen molar-refractivity contribution in [2.75, 3.05) is 18.5 Å². The van der Waals surface area contributed by atoms with E-state index in [9.17, 15) is 18.5 Å². The normalized spacial score (nSPS) is 15.7. The van der Waals surface area contributed by atoms with Gasteiger partial charge < -0.3 is 0 Å². The standard InChI is InChI=1S/C18H20N4O4S/c23-22(24)17-10-8-16(9-11-17)20-19-14-15-6-2-3-7-18(15)27(25,26)21-12-4-1-5-13-21/h2-3,6-11,14,20H,1,4-5,12-13H2. The second-order valence-electron chi connectivity index (χ2n) is 6.18. The van der Waals surface area contributed by atoms with E-state index < -0.39 is 14.9 Å². The van der Waals surface area contributed by atoms with Gasteiger partial charge in [-0.1, -0.05) is 24.6 Å². The number of hydrogen-bond acceptors (Lipinski definition) is 6. The number of nitrogens with zero attached hydrogens (tertiary/aromatic N) is 3. The Labute approximate surface area is 157 Å². The second kappa shape index (κ2) is 8.28. The monoisotopic (exact) mass is 388 g/mol. The van der Waals surface area contributed by atoms with E-state index in [1.54, 1.807) is 24.3 Å². The molecule has 0 aromatic heterocycles. The topological polar surface area (TPSA) is 105 Å². The van der Waals surface area contributed by atoms with Gasteiger partial charge in [0, 0.05) is 30.8 Å². The number of nitro groups is 1. The molecule has 142 valence electrons. The average Bonchev–Trinajstić information content (AvgIpc) is 2.69. The van der Waals surface area contributed by atoms with Crippen LogP contribution in [0, 0.1) is 10.1 Å². The molecule has 0 amide bonds. The molecule has 0 aliphatic carbocycles. The minimum atomic E-state index is -3.56. The van der Waals surface area contributed by atoms with Crippen LogP contribution in [0.15, 0.2) is 58.5 Å². The molecule has 0 saturated carbocycles. The average molecular weight is 388 g/mol. The van der Waals surface area contributed by atoms with Gasteiger partial charge in [-0.15, -0.1) is 0 Å². The molecule has 9 heteroatoms. The Balaban J connectivity index is 1.77. The minimum absolute atomic E-state index is 0.0116. The molecule has 0 unspecified atom stereocenters. The lowest BCUT2D eigenvalue weighted by molar-refractivity contribution is -0.384. The Kier molecular flexibility index (Phi) is 5.82. The molecule has 0 atom stereocenters. The number of nitrogens with one attached hydrogen (secondary N) is 1. The molecule has 8 nitrogen and oxygen atoms in total. The van der Waals surface area contributed by atoms with Gasteiger partial charge in [0.1, 0.15) is 0 Å². The molecule has 1 saturated heterocycles. The summed E-state index contributed by atoms with van der Waals surface area (Å²) in [5.74, 6) is 0. The first kappa shape index (κ1) is 19.0. The minimum Gasteiger partial charge on any atom is -0.278 e. The summed E-state index contributed by atoms with van der Waals surface area (Å²) in [6, 6.07) is 12.5. The number of non-ortho nitro benzene ring substituents is 1. The second-order valence-corrected chi connectivity index (χ2v) is 8.08. The molecule has 1 N–H and O–H groups in total. The Bertz CT molecular complexity index is 936. The van der Waals surface area contributed by atoms with Crippen molar-refractivity contribution in [2.24, 2.45) is 5.10 Å². The summed E-state index contributed by atoms with van der Waals surface area (Å²) in [7, 11) is -3.56. The van der Waals surface area contributed by atoms with Crippen LogP contribution in [0.3, 0.4) is 0 Å². The first-order valence-electron chi connectivity index (χ1n) is 8.61. The molecular formula is C18H20N4O4S. The molecule has 27 heavy (non-hydrogen) atoms. The van der Waals surface area contributed by atoms with Crippen LogP contribution < -0.4 is 5.43 Å². The van der Waals surface area contributed by atoms with Crippen LogP contribution >= 0.6 is 0 Å². The van der Waals surface area contributed by atoms with Gasteiger partial charge in [0.2, 0.25) is 10.0 Å². The maximum atomic E-state index is 12.9. The maximum absolute atomic E-state index is 12.9. The summed E-state index contributed by atoms with van der Waals surface area (Å²) in [5, 5.41) is 14.7. The molecule has 1 fully saturated rings. The van der Waals surface area contributed by atoms with Crippen molar-refractivity contribution in [3.63, 3.8) is 0 Å². The van der Waals surface area contributed by atoms with Gasteiger partial charge in [0.15, 0.2) is 0 Å². The summed E-state index contributed by atoms with van der Waals surface area (Å²) in [5.41, 5.74) is 3.79. The first-order valence-corrected chi connectivity index (χ1v) is 10.1. The number of hydrogen-bond donors (Lipinski definition) is 1. The van der Waals surface area contributed by atoms with Crippen LogP contribution in [-0.4, -0.2) is 37.0 Å². The molecular weight excluding hydrogens is 368 g/mol. The summed E-state index contributed by atoms with van der Waals surface area (Å²) in [4.78, 5) is 10.4. The van der Waals surface area contributed by atoms with Crippen LogP contribution in [0.1, 0.15) is 24.8 Å². The fourth-order valence-corrected chi connectivity index (χ4v) is 4.59. The highest BCUT2D eigenvalue weighted by atomic mass is 32.2. The van der Waals surface area contributed by atoms with Gasteiger partial charge >= 0.3 is 0 Å². The highest BCUT2D eigenvalue weighted by Gasteiger charge is 2.27. The van der Waals surface area contributed by atoms with Crippen molar-refractivity contribution in [1.29, 1.82) is 0 Å².